The molecule has 0 unspecified atom stereocenters. The van der Waals surface area contributed by atoms with E-state index in [4.69, 9.17) is 10.5 Å². The lowest BCUT2D eigenvalue weighted by Crippen LogP contribution is -2.15. The third-order valence-electron chi connectivity index (χ3n) is 5.62. The lowest BCUT2D eigenvalue weighted by molar-refractivity contribution is 0.314. The van der Waals surface area contributed by atoms with Gasteiger partial charge in [-0.25, -0.2) is 0 Å². The Morgan fingerprint density at radius 1 is 0.778 bits per heavy atom. The summed E-state index contributed by atoms with van der Waals surface area (Å²) in [6.45, 7) is 8.64. The molecule has 0 aliphatic rings. The quantitative estimate of drug-likeness (QED) is 0.234. The Kier molecular flexibility index (Phi) is 13.9. The first-order valence-corrected chi connectivity index (χ1v) is 14.0. The second-order valence-corrected chi connectivity index (χ2v) is 12.5. The number of hydrogen-bond donors (Lipinski definition) is 1. The fourth-order valence-electron chi connectivity index (χ4n) is 3.88. The van der Waals surface area contributed by atoms with Crippen LogP contribution >= 0.6 is 7.26 Å². The fourth-order valence-corrected chi connectivity index (χ4v) is 8.98. The topological polar surface area (TPSA) is 35.2 Å². The predicted molar refractivity (Wildman–Crippen MR) is 125 cm³/mol. The number of hydrogen-bond acceptors (Lipinski definition) is 2. The molecule has 2 nitrogen and oxygen atoms in total. The Balaban J connectivity index is 2.61. The van der Waals surface area contributed by atoms with Crippen LogP contribution in [0.15, 0.2) is 24.3 Å². The highest BCUT2D eigenvalue weighted by Gasteiger charge is 2.34. The first-order valence-electron chi connectivity index (χ1n) is 11.5. The smallest absolute Gasteiger partial charge is 0.122 e. The van der Waals surface area contributed by atoms with Crippen LogP contribution in [-0.2, 0) is 6.42 Å². The first-order chi connectivity index (χ1) is 13.2. The molecule has 0 bridgehead atoms. The zero-order valence-corrected chi connectivity index (χ0v) is 19.2. The van der Waals surface area contributed by atoms with Gasteiger partial charge in [0.05, 0.1) is 31.3 Å². The number of unbranched alkanes of at least 4 members (excludes halogenated alkanes) is 3. The van der Waals surface area contributed by atoms with Crippen molar-refractivity contribution in [1.82, 2.24) is 0 Å². The molecule has 0 aliphatic carbocycles. The van der Waals surface area contributed by atoms with Gasteiger partial charge in [-0.3, -0.25) is 0 Å². The van der Waals surface area contributed by atoms with Crippen LogP contribution in [0.3, 0.4) is 0 Å². The van der Waals surface area contributed by atoms with E-state index in [2.05, 4.69) is 45.0 Å². The molecule has 0 aliphatic heterocycles. The minimum Gasteiger partial charge on any atom is -0.493 e. The van der Waals surface area contributed by atoms with Gasteiger partial charge in [0.1, 0.15) is 5.75 Å². The number of para-hydroxylation sites is 1. The van der Waals surface area contributed by atoms with Gasteiger partial charge in [0, 0.05) is 13.7 Å². The summed E-state index contributed by atoms with van der Waals surface area (Å²) in [7, 11) is -0.793. The van der Waals surface area contributed by atoms with E-state index in [-0.39, 0.29) is 0 Å². The standard InChI is InChI=1S/C24H45NOP/c1-4-7-19-27(20-8-5-2,21-9-6-3)22-13-18-26-24-16-11-10-14-23(24)15-12-17-25/h10-11,14,16H,4-9,12-13,15,17-22,25H2,1-3H3/q+1. The largest absolute Gasteiger partial charge is 0.493 e. The molecule has 3 heteroatoms. The Morgan fingerprint density at radius 3 is 1.89 bits per heavy atom. The second kappa shape index (κ2) is 15.3. The van der Waals surface area contributed by atoms with Crippen molar-refractivity contribution < 1.29 is 4.74 Å². The Morgan fingerprint density at radius 2 is 1.33 bits per heavy atom. The summed E-state index contributed by atoms with van der Waals surface area (Å²) < 4.78 is 6.22. The Bertz CT molecular complexity index is 455. The zero-order chi connectivity index (χ0) is 19.8. The van der Waals surface area contributed by atoms with E-state index in [0.717, 1.165) is 31.7 Å². The first kappa shape index (κ1) is 24.4. The molecule has 1 aromatic carbocycles. The SMILES string of the molecule is CCCC[P+](CCCC)(CCCC)CCCOc1ccccc1CCCN. The average molecular weight is 395 g/mol. The highest BCUT2D eigenvalue weighted by molar-refractivity contribution is 7.75. The number of benzene rings is 1. The van der Waals surface area contributed by atoms with Crippen molar-refractivity contribution >= 4 is 7.26 Å². The molecule has 0 radical (unpaired) electrons. The number of ether oxygens (including phenoxy) is 1. The van der Waals surface area contributed by atoms with E-state index in [0.29, 0.717) is 0 Å². The maximum absolute atomic E-state index is 6.22. The van der Waals surface area contributed by atoms with E-state index in [9.17, 15) is 0 Å². The van der Waals surface area contributed by atoms with Crippen molar-refractivity contribution in [2.45, 2.75) is 78.6 Å². The molecule has 0 atom stereocenters. The van der Waals surface area contributed by atoms with Crippen molar-refractivity contribution in [2.24, 2.45) is 5.73 Å². The monoisotopic (exact) mass is 394 g/mol. The Hall–Kier alpha value is -0.590. The van der Waals surface area contributed by atoms with E-state index >= 15 is 0 Å². The van der Waals surface area contributed by atoms with Crippen molar-refractivity contribution in [2.75, 3.05) is 37.8 Å². The van der Waals surface area contributed by atoms with Gasteiger partial charge in [-0.2, -0.15) is 0 Å². The molecule has 0 aromatic heterocycles. The van der Waals surface area contributed by atoms with Gasteiger partial charge in [-0.1, -0.05) is 58.2 Å². The van der Waals surface area contributed by atoms with Crippen LogP contribution in [0.2, 0.25) is 0 Å². The molecule has 2 N–H and O–H groups in total. The lowest BCUT2D eigenvalue weighted by atomic mass is 10.1. The van der Waals surface area contributed by atoms with Crippen LogP contribution < -0.4 is 10.5 Å². The van der Waals surface area contributed by atoms with E-state index < -0.39 is 7.26 Å². The summed E-state index contributed by atoms with van der Waals surface area (Å²) in [4.78, 5) is 0. The minimum atomic E-state index is -0.793. The van der Waals surface area contributed by atoms with Gasteiger partial charge in [0.15, 0.2) is 0 Å². The molecule has 156 valence electrons. The number of aryl methyl sites for hydroxylation is 1. The van der Waals surface area contributed by atoms with Crippen molar-refractivity contribution in [3.8, 4) is 5.75 Å². The predicted octanol–water partition coefficient (Wildman–Crippen LogP) is 6.76. The summed E-state index contributed by atoms with van der Waals surface area (Å²) in [5.41, 5.74) is 6.99. The van der Waals surface area contributed by atoms with Crippen LogP contribution in [0.4, 0.5) is 0 Å². The van der Waals surface area contributed by atoms with E-state index in [1.54, 1.807) is 0 Å². The fraction of sp³-hybridized carbons (Fsp3) is 0.750. The molecule has 0 heterocycles. The minimum absolute atomic E-state index is 0.744. The average Bonchev–Trinajstić information content (AvgIpc) is 2.71. The maximum Gasteiger partial charge on any atom is 0.122 e. The van der Waals surface area contributed by atoms with Gasteiger partial charge in [-0.05, 0) is 50.3 Å². The molecule has 1 aromatic rings. The Labute approximate surface area is 170 Å². The van der Waals surface area contributed by atoms with Crippen LogP contribution in [0.5, 0.6) is 5.75 Å². The van der Waals surface area contributed by atoms with Crippen molar-refractivity contribution in [3.05, 3.63) is 29.8 Å². The highest BCUT2D eigenvalue weighted by atomic mass is 31.2. The highest BCUT2D eigenvalue weighted by Crippen LogP contribution is 2.61. The molecule has 0 saturated carbocycles. The molecular formula is C24H45NOP+. The number of rotatable bonds is 17. The molecule has 0 spiro atoms. The molecule has 0 amide bonds. The van der Waals surface area contributed by atoms with E-state index in [1.807, 2.05) is 0 Å². The number of nitrogens with two attached hydrogens (primary N) is 1. The van der Waals surface area contributed by atoms with Crippen LogP contribution in [0.1, 0.15) is 77.7 Å². The molecule has 0 fully saturated rings. The van der Waals surface area contributed by atoms with Crippen LogP contribution in [-0.4, -0.2) is 37.8 Å². The molecular weight excluding hydrogens is 349 g/mol. The van der Waals surface area contributed by atoms with Gasteiger partial charge in [0.2, 0.25) is 0 Å². The molecule has 27 heavy (non-hydrogen) atoms. The summed E-state index contributed by atoms with van der Waals surface area (Å²) >= 11 is 0. The van der Waals surface area contributed by atoms with Crippen molar-refractivity contribution in [1.29, 1.82) is 0 Å². The summed E-state index contributed by atoms with van der Waals surface area (Å²) in [5.74, 6) is 1.07. The normalized spacial score (nSPS) is 11.7. The van der Waals surface area contributed by atoms with Gasteiger partial charge < -0.3 is 10.5 Å². The van der Waals surface area contributed by atoms with Crippen LogP contribution in [0.25, 0.3) is 0 Å². The summed E-state index contributed by atoms with van der Waals surface area (Å²) in [6.07, 6.45) is 17.5. The second-order valence-electron chi connectivity index (χ2n) is 8.00. The van der Waals surface area contributed by atoms with Gasteiger partial charge >= 0.3 is 0 Å². The lowest BCUT2D eigenvalue weighted by Gasteiger charge is -2.28. The van der Waals surface area contributed by atoms with Gasteiger partial charge in [-0.15, -0.1) is 0 Å². The summed E-state index contributed by atoms with van der Waals surface area (Å²) in [6, 6.07) is 8.50. The van der Waals surface area contributed by atoms with Crippen LogP contribution in [0, 0.1) is 0 Å². The van der Waals surface area contributed by atoms with E-state index in [1.165, 1.54) is 75.2 Å². The third kappa shape index (κ3) is 9.95. The molecule has 1 rings (SSSR count). The summed E-state index contributed by atoms with van der Waals surface area (Å²) in [5, 5.41) is 0. The van der Waals surface area contributed by atoms with Crippen molar-refractivity contribution in [3.63, 3.8) is 0 Å². The van der Waals surface area contributed by atoms with Gasteiger partial charge in [0.25, 0.3) is 0 Å². The zero-order valence-electron chi connectivity index (χ0n) is 18.3. The third-order valence-corrected chi connectivity index (χ3v) is 10.7. The molecule has 0 saturated heterocycles. The maximum atomic E-state index is 6.22.